The highest BCUT2D eigenvalue weighted by Gasteiger charge is 2.28. The molecule has 8 heteroatoms. The summed E-state index contributed by atoms with van der Waals surface area (Å²) < 4.78 is 0.657. The molecule has 0 saturated carbocycles. The van der Waals surface area contributed by atoms with Crippen LogP contribution in [0.3, 0.4) is 0 Å². The number of rotatable bonds is 3. The van der Waals surface area contributed by atoms with Gasteiger partial charge < -0.3 is 10.6 Å². The average molecular weight is 341 g/mol. The van der Waals surface area contributed by atoms with E-state index in [9.17, 15) is 14.4 Å². The van der Waals surface area contributed by atoms with Crippen molar-refractivity contribution in [1.29, 1.82) is 0 Å². The maximum absolute atomic E-state index is 12.2. The van der Waals surface area contributed by atoms with Gasteiger partial charge in [-0.2, -0.15) is 0 Å². The lowest BCUT2D eigenvalue weighted by atomic mass is 10.1. The fraction of sp³-hybridized carbons (Fsp3) is 0.333. The van der Waals surface area contributed by atoms with Crippen molar-refractivity contribution < 1.29 is 14.4 Å². The normalized spacial score (nSPS) is 18.4. The molecule has 1 saturated heterocycles. The maximum Gasteiger partial charge on any atom is 0.255 e. The first-order valence-electron chi connectivity index (χ1n) is 5.99. The maximum atomic E-state index is 12.2. The number of piperidine rings is 1. The van der Waals surface area contributed by atoms with E-state index < -0.39 is 17.9 Å². The zero-order valence-corrected chi connectivity index (χ0v) is 12.3. The summed E-state index contributed by atoms with van der Waals surface area (Å²) in [7, 11) is 1.65. The first kappa shape index (κ1) is 14.4. The summed E-state index contributed by atoms with van der Waals surface area (Å²) in [4.78, 5) is 38.9. The largest absolute Gasteiger partial charge is 0.372 e. The van der Waals surface area contributed by atoms with Crippen molar-refractivity contribution in [1.82, 2.24) is 15.6 Å². The van der Waals surface area contributed by atoms with Crippen molar-refractivity contribution >= 4 is 39.5 Å². The number of carbonyl (C=O) groups is 3. The van der Waals surface area contributed by atoms with Crippen molar-refractivity contribution in [3.05, 3.63) is 22.3 Å². The molecule has 3 N–H and O–H groups in total. The molecule has 3 amide bonds. The van der Waals surface area contributed by atoms with E-state index in [1.54, 1.807) is 19.3 Å². The van der Waals surface area contributed by atoms with Crippen LogP contribution in [0, 0.1) is 0 Å². The van der Waals surface area contributed by atoms with Crippen LogP contribution < -0.4 is 16.0 Å². The van der Waals surface area contributed by atoms with Gasteiger partial charge >= 0.3 is 0 Å². The molecule has 0 aromatic carbocycles. The van der Waals surface area contributed by atoms with Gasteiger partial charge in [-0.15, -0.1) is 0 Å². The Morgan fingerprint density at radius 2 is 2.25 bits per heavy atom. The number of halogens is 1. The SMILES string of the molecule is CNc1ncc(Br)cc1C(=O)NC1CCC(=O)NC1=O. The van der Waals surface area contributed by atoms with Gasteiger partial charge in [0.2, 0.25) is 11.8 Å². The molecular weight excluding hydrogens is 328 g/mol. The molecule has 106 valence electrons. The van der Waals surface area contributed by atoms with E-state index in [1.165, 1.54) is 0 Å². The number of aromatic nitrogens is 1. The molecule has 0 aliphatic carbocycles. The van der Waals surface area contributed by atoms with Crippen LogP contribution in [0.25, 0.3) is 0 Å². The Morgan fingerprint density at radius 3 is 2.90 bits per heavy atom. The van der Waals surface area contributed by atoms with Gasteiger partial charge in [0.25, 0.3) is 5.91 Å². The van der Waals surface area contributed by atoms with E-state index in [0.29, 0.717) is 22.3 Å². The van der Waals surface area contributed by atoms with Crippen molar-refractivity contribution in [3.63, 3.8) is 0 Å². The number of anilines is 1. The Labute approximate surface area is 123 Å². The highest BCUT2D eigenvalue weighted by atomic mass is 79.9. The molecule has 7 nitrogen and oxygen atoms in total. The van der Waals surface area contributed by atoms with Gasteiger partial charge in [-0.25, -0.2) is 4.98 Å². The third kappa shape index (κ3) is 3.13. The summed E-state index contributed by atoms with van der Waals surface area (Å²) in [5, 5.41) is 7.61. The fourth-order valence-corrected chi connectivity index (χ4v) is 2.21. The van der Waals surface area contributed by atoms with Gasteiger partial charge in [0.15, 0.2) is 0 Å². The van der Waals surface area contributed by atoms with Crippen molar-refractivity contribution in [3.8, 4) is 0 Å². The number of hydrogen-bond donors (Lipinski definition) is 3. The van der Waals surface area contributed by atoms with Crippen LogP contribution in [0.5, 0.6) is 0 Å². The molecule has 1 fully saturated rings. The quantitative estimate of drug-likeness (QED) is 0.692. The van der Waals surface area contributed by atoms with Gasteiger partial charge in [0, 0.05) is 24.1 Å². The standard InChI is InChI=1S/C12H13BrN4O3/c1-14-10-7(4-6(13)5-15-10)11(19)16-8-2-3-9(18)17-12(8)20/h4-5,8H,2-3H2,1H3,(H,14,15)(H,16,19)(H,17,18,20). The highest BCUT2D eigenvalue weighted by Crippen LogP contribution is 2.18. The van der Waals surface area contributed by atoms with Gasteiger partial charge in [-0.05, 0) is 28.4 Å². The van der Waals surface area contributed by atoms with E-state index in [1.807, 2.05) is 0 Å². The Kier molecular flexibility index (Phi) is 4.33. The monoisotopic (exact) mass is 340 g/mol. The molecule has 1 aliphatic heterocycles. The van der Waals surface area contributed by atoms with Gasteiger partial charge in [-0.3, -0.25) is 19.7 Å². The Bertz CT molecular complexity index is 576. The lowest BCUT2D eigenvalue weighted by Gasteiger charge is -2.22. The van der Waals surface area contributed by atoms with E-state index in [2.05, 4.69) is 36.9 Å². The molecule has 1 unspecified atom stereocenters. The fourth-order valence-electron chi connectivity index (χ4n) is 1.88. The molecule has 1 aromatic heterocycles. The molecule has 1 aromatic rings. The zero-order chi connectivity index (χ0) is 14.7. The summed E-state index contributed by atoms with van der Waals surface area (Å²) >= 11 is 3.24. The molecule has 1 aliphatic rings. The summed E-state index contributed by atoms with van der Waals surface area (Å²) in [6, 6.07) is 0.906. The van der Waals surface area contributed by atoms with Gasteiger partial charge in [-0.1, -0.05) is 0 Å². The Hall–Kier alpha value is -1.96. The van der Waals surface area contributed by atoms with Crippen molar-refractivity contribution in [2.45, 2.75) is 18.9 Å². The minimum Gasteiger partial charge on any atom is -0.372 e. The third-order valence-electron chi connectivity index (χ3n) is 2.88. The number of imide groups is 1. The van der Waals surface area contributed by atoms with E-state index in [0.717, 1.165) is 0 Å². The summed E-state index contributed by atoms with van der Waals surface area (Å²) in [6.07, 6.45) is 2.08. The molecule has 2 heterocycles. The van der Waals surface area contributed by atoms with Crippen LogP contribution in [0.2, 0.25) is 0 Å². The first-order chi connectivity index (χ1) is 9.51. The summed E-state index contributed by atoms with van der Waals surface area (Å²) in [5.74, 6) is -0.806. The molecule has 2 rings (SSSR count). The van der Waals surface area contributed by atoms with Crippen LogP contribution in [0.4, 0.5) is 5.82 Å². The first-order valence-corrected chi connectivity index (χ1v) is 6.78. The number of amides is 3. The number of pyridine rings is 1. The van der Waals surface area contributed by atoms with Gasteiger partial charge in [0.1, 0.15) is 11.9 Å². The topological polar surface area (TPSA) is 100 Å². The Balaban J connectivity index is 2.14. The summed E-state index contributed by atoms with van der Waals surface area (Å²) in [5.41, 5.74) is 0.326. The van der Waals surface area contributed by atoms with Crippen molar-refractivity contribution in [2.75, 3.05) is 12.4 Å². The summed E-state index contributed by atoms with van der Waals surface area (Å²) in [6.45, 7) is 0. The molecule has 1 atom stereocenters. The van der Waals surface area contributed by atoms with Crippen LogP contribution in [0.15, 0.2) is 16.7 Å². The van der Waals surface area contributed by atoms with Crippen molar-refractivity contribution in [2.24, 2.45) is 0 Å². The van der Waals surface area contributed by atoms with E-state index >= 15 is 0 Å². The van der Waals surface area contributed by atoms with Gasteiger partial charge in [0.05, 0.1) is 5.56 Å². The smallest absolute Gasteiger partial charge is 0.255 e. The molecular formula is C12H13BrN4O3. The van der Waals surface area contributed by atoms with Crippen LogP contribution >= 0.6 is 15.9 Å². The third-order valence-corrected chi connectivity index (χ3v) is 3.31. The lowest BCUT2D eigenvalue weighted by Crippen LogP contribution is -2.52. The van der Waals surface area contributed by atoms with Crippen LogP contribution in [-0.4, -0.2) is 35.8 Å². The van der Waals surface area contributed by atoms with E-state index in [4.69, 9.17) is 0 Å². The predicted molar refractivity (Wildman–Crippen MR) is 75.1 cm³/mol. The van der Waals surface area contributed by atoms with Crippen LogP contribution in [-0.2, 0) is 9.59 Å². The average Bonchev–Trinajstić information content (AvgIpc) is 2.41. The van der Waals surface area contributed by atoms with Crippen LogP contribution in [0.1, 0.15) is 23.2 Å². The second-order valence-corrected chi connectivity index (χ2v) is 5.19. The molecule has 0 radical (unpaired) electrons. The zero-order valence-electron chi connectivity index (χ0n) is 10.7. The van der Waals surface area contributed by atoms with E-state index in [-0.39, 0.29) is 12.3 Å². The number of hydrogen-bond acceptors (Lipinski definition) is 5. The second-order valence-electron chi connectivity index (χ2n) is 4.28. The molecule has 20 heavy (non-hydrogen) atoms. The number of nitrogens with one attached hydrogen (secondary N) is 3. The number of carbonyl (C=O) groups excluding carboxylic acids is 3. The molecule has 0 spiro atoms. The highest BCUT2D eigenvalue weighted by molar-refractivity contribution is 9.10. The second kappa shape index (κ2) is 6.00. The predicted octanol–water partition coefficient (Wildman–Crippen LogP) is 0.421. The Morgan fingerprint density at radius 1 is 1.50 bits per heavy atom. The molecule has 0 bridgehead atoms. The minimum atomic E-state index is -0.705. The minimum absolute atomic E-state index is 0.215. The number of nitrogens with zero attached hydrogens (tertiary/aromatic N) is 1. The lowest BCUT2D eigenvalue weighted by molar-refractivity contribution is -0.134.